The number of benzene rings is 2. The highest BCUT2D eigenvalue weighted by molar-refractivity contribution is 8.18. The van der Waals surface area contributed by atoms with E-state index in [0.29, 0.717) is 33.2 Å². The van der Waals surface area contributed by atoms with Crippen molar-refractivity contribution in [2.45, 2.75) is 20.8 Å². The van der Waals surface area contributed by atoms with Crippen LogP contribution in [0.5, 0.6) is 11.5 Å². The molecule has 1 fully saturated rings. The fourth-order valence-electron chi connectivity index (χ4n) is 2.83. The average Bonchev–Trinajstić information content (AvgIpc) is 3.09. The minimum Gasteiger partial charge on any atom is -0.490 e. The second kappa shape index (κ2) is 11.1. The number of hydrogen-bond donors (Lipinski definition) is 1. The van der Waals surface area contributed by atoms with Crippen LogP contribution in [-0.4, -0.2) is 36.9 Å². The summed E-state index contributed by atoms with van der Waals surface area (Å²) in [6, 6.07) is 10.6. The Bertz CT molecular complexity index is 1080. The number of carbonyl (C=O) groups excluding carboxylic acids is 2. The molecule has 32 heavy (non-hydrogen) atoms. The number of rotatable bonds is 8. The zero-order valence-electron chi connectivity index (χ0n) is 17.9. The van der Waals surface area contributed by atoms with E-state index in [-0.39, 0.29) is 19.1 Å². The summed E-state index contributed by atoms with van der Waals surface area (Å²) in [6.07, 6.45) is 1.74. The molecule has 7 nitrogen and oxygen atoms in total. The topological polar surface area (TPSA) is 86.2 Å². The number of aliphatic imine (C=N–C) groups is 1. The van der Waals surface area contributed by atoms with E-state index in [4.69, 9.17) is 25.8 Å². The Labute approximate surface area is 195 Å². The van der Waals surface area contributed by atoms with Crippen LogP contribution in [-0.2, 0) is 14.3 Å². The van der Waals surface area contributed by atoms with E-state index in [1.807, 2.05) is 26.0 Å². The second-order valence-electron chi connectivity index (χ2n) is 6.65. The van der Waals surface area contributed by atoms with Crippen molar-refractivity contribution in [3.05, 3.63) is 57.5 Å². The number of thioether (sulfide) groups is 1. The van der Waals surface area contributed by atoms with Crippen molar-refractivity contribution in [1.82, 2.24) is 5.32 Å². The molecule has 1 N–H and O–H groups in total. The number of hydrogen-bond acceptors (Lipinski definition) is 7. The highest BCUT2D eigenvalue weighted by Gasteiger charge is 2.24. The number of esters is 1. The predicted molar refractivity (Wildman–Crippen MR) is 127 cm³/mol. The molecule has 168 valence electrons. The van der Waals surface area contributed by atoms with Gasteiger partial charge in [-0.1, -0.05) is 17.7 Å². The maximum absolute atomic E-state index is 12.4. The van der Waals surface area contributed by atoms with Gasteiger partial charge >= 0.3 is 5.97 Å². The molecule has 2 aromatic carbocycles. The van der Waals surface area contributed by atoms with Crippen LogP contribution in [0.25, 0.3) is 6.08 Å². The average molecular weight is 475 g/mol. The van der Waals surface area contributed by atoms with E-state index >= 15 is 0 Å². The summed E-state index contributed by atoms with van der Waals surface area (Å²) in [5, 5.41) is 3.90. The van der Waals surface area contributed by atoms with E-state index in [1.54, 1.807) is 37.3 Å². The zero-order valence-corrected chi connectivity index (χ0v) is 19.5. The van der Waals surface area contributed by atoms with Gasteiger partial charge in [-0.15, -0.1) is 0 Å². The van der Waals surface area contributed by atoms with Crippen molar-refractivity contribution in [1.29, 1.82) is 0 Å². The number of carbonyl (C=O) groups is 2. The van der Waals surface area contributed by atoms with Crippen LogP contribution in [0.1, 0.15) is 25.0 Å². The number of aryl methyl sites for hydroxylation is 1. The van der Waals surface area contributed by atoms with E-state index in [2.05, 4.69) is 10.3 Å². The van der Waals surface area contributed by atoms with Crippen molar-refractivity contribution in [3.8, 4) is 11.5 Å². The quantitative estimate of drug-likeness (QED) is 0.433. The summed E-state index contributed by atoms with van der Waals surface area (Å²) in [6.45, 7) is 5.98. The lowest BCUT2D eigenvalue weighted by Gasteiger charge is -2.12. The molecular formula is C23H23ClN2O5S. The summed E-state index contributed by atoms with van der Waals surface area (Å²) in [7, 11) is 0. The highest BCUT2D eigenvalue weighted by atomic mass is 35.5. The first-order chi connectivity index (χ1) is 15.4. The Morgan fingerprint density at radius 1 is 1.12 bits per heavy atom. The van der Waals surface area contributed by atoms with Gasteiger partial charge in [-0.05, 0) is 80.1 Å². The van der Waals surface area contributed by atoms with Gasteiger partial charge in [0.05, 0.1) is 23.8 Å². The molecule has 0 atom stereocenters. The molecule has 0 saturated carbocycles. The van der Waals surface area contributed by atoms with E-state index in [1.165, 1.54) is 11.8 Å². The smallest absolute Gasteiger partial charge is 0.344 e. The second-order valence-corrected chi connectivity index (χ2v) is 8.11. The molecular weight excluding hydrogens is 452 g/mol. The van der Waals surface area contributed by atoms with Crippen LogP contribution in [0.4, 0.5) is 5.69 Å². The standard InChI is InChI=1S/C23H23ClN2O5S/c1-4-29-19-11-15(6-9-18(19)31-13-21(27)30-5-2)12-20-22(28)26-23(32-20)25-17-8-7-16(24)10-14(17)3/h6-12H,4-5,13H2,1-3H3,(H,25,26,28)/b20-12-. The molecule has 1 heterocycles. The number of halogens is 1. The number of nitrogens with zero attached hydrogens (tertiary/aromatic N) is 1. The molecule has 9 heteroatoms. The zero-order chi connectivity index (χ0) is 23.1. The third-order valence-corrected chi connectivity index (χ3v) is 5.39. The Morgan fingerprint density at radius 3 is 2.66 bits per heavy atom. The number of amidine groups is 1. The number of amides is 1. The van der Waals surface area contributed by atoms with E-state index < -0.39 is 5.97 Å². The van der Waals surface area contributed by atoms with Gasteiger partial charge < -0.3 is 19.5 Å². The number of nitrogens with one attached hydrogen (secondary N) is 1. The van der Waals surface area contributed by atoms with E-state index in [0.717, 1.165) is 16.8 Å². The van der Waals surface area contributed by atoms with Crippen molar-refractivity contribution in [2.24, 2.45) is 4.99 Å². The molecule has 0 bridgehead atoms. The Morgan fingerprint density at radius 2 is 1.94 bits per heavy atom. The largest absolute Gasteiger partial charge is 0.490 e. The first-order valence-electron chi connectivity index (χ1n) is 10.0. The Kier molecular flexibility index (Phi) is 8.19. The lowest BCUT2D eigenvalue weighted by atomic mass is 10.2. The molecule has 1 amide bonds. The maximum Gasteiger partial charge on any atom is 0.344 e. The first-order valence-corrected chi connectivity index (χ1v) is 11.2. The molecule has 2 aromatic rings. The normalized spacial score (nSPS) is 15.7. The van der Waals surface area contributed by atoms with Gasteiger partial charge in [0.1, 0.15) is 0 Å². The Hall–Kier alpha value is -2.97. The van der Waals surface area contributed by atoms with Gasteiger partial charge in [0.2, 0.25) is 0 Å². The van der Waals surface area contributed by atoms with Crippen LogP contribution in [0, 0.1) is 6.92 Å². The van der Waals surface area contributed by atoms with Crippen LogP contribution in [0.3, 0.4) is 0 Å². The van der Waals surface area contributed by atoms with Crippen molar-refractivity contribution < 1.29 is 23.8 Å². The summed E-state index contributed by atoms with van der Waals surface area (Å²) in [4.78, 5) is 29.0. The van der Waals surface area contributed by atoms with Crippen LogP contribution < -0.4 is 14.8 Å². The lowest BCUT2D eigenvalue weighted by Crippen LogP contribution is -2.19. The SMILES string of the molecule is CCOC(=O)COc1ccc(/C=C2\SC(=Nc3ccc(Cl)cc3C)NC2=O)cc1OCC. The third kappa shape index (κ3) is 6.27. The maximum atomic E-state index is 12.4. The van der Waals surface area contributed by atoms with Gasteiger partial charge in [-0.2, -0.15) is 0 Å². The van der Waals surface area contributed by atoms with Crippen molar-refractivity contribution >= 4 is 52.2 Å². The fourth-order valence-corrected chi connectivity index (χ4v) is 3.89. The summed E-state index contributed by atoms with van der Waals surface area (Å²) < 4.78 is 16.0. The molecule has 3 rings (SSSR count). The monoisotopic (exact) mass is 474 g/mol. The van der Waals surface area contributed by atoms with Crippen LogP contribution in [0.2, 0.25) is 5.02 Å². The van der Waals surface area contributed by atoms with Gasteiger partial charge in [-0.3, -0.25) is 4.79 Å². The third-order valence-electron chi connectivity index (χ3n) is 4.25. The molecule has 0 aliphatic carbocycles. The van der Waals surface area contributed by atoms with Gasteiger partial charge in [0, 0.05) is 5.02 Å². The fraction of sp³-hybridized carbons (Fsp3) is 0.261. The predicted octanol–water partition coefficient (Wildman–Crippen LogP) is 4.88. The van der Waals surface area contributed by atoms with Gasteiger partial charge in [0.25, 0.3) is 5.91 Å². The molecule has 1 aliphatic rings. The molecule has 0 radical (unpaired) electrons. The molecule has 0 aromatic heterocycles. The van der Waals surface area contributed by atoms with E-state index in [9.17, 15) is 9.59 Å². The molecule has 1 saturated heterocycles. The Balaban J connectivity index is 1.78. The summed E-state index contributed by atoms with van der Waals surface area (Å²) >= 11 is 7.24. The summed E-state index contributed by atoms with van der Waals surface area (Å²) in [5.41, 5.74) is 2.40. The van der Waals surface area contributed by atoms with Crippen LogP contribution in [0.15, 0.2) is 46.3 Å². The summed E-state index contributed by atoms with van der Waals surface area (Å²) in [5.74, 6) is 0.204. The van der Waals surface area contributed by atoms with Crippen molar-refractivity contribution in [2.75, 3.05) is 19.8 Å². The minimum absolute atomic E-state index is 0.212. The molecule has 0 unspecified atom stereocenters. The first kappa shape index (κ1) is 23.7. The minimum atomic E-state index is -0.456. The molecule has 1 aliphatic heterocycles. The van der Waals surface area contributed by atoms with Gasteiger partial charge in [0.15, 0.2) is 23.3 Å². The van der Waals surface area contributed by atoms with Crippen molar-refractivity contribution in [3.63, 3.8) is 0 Å². The lowest BCUT2D eigenvalue weighted by molar-refractivity contribution is -0.145. The van der Waals surface area contributed by atoms with Gasteiger partial charge in [-0.25, -0.2) is 9.79 Å². The highest BCUT2D eigenvalue weighted by Crippen LogP contribution is 2.33. The van der Waals surface area contributed by atoms with Crippen LogP contribution >= 0.6 is 23.4 Å². The molecule has 0 spiro atoms. The number of ether oxygens (including phenoxy) is 3.